The highest BCUT2D eigenvalue weighted by molar-refractivity contribution is 5.50. The van der Waals surface area contributed by atoms with Crippen molar-refractivity contribution in [2.45, 2.75) is 44.9 Å². The van der Waals surface area contributed by atoms with Crippen LogP contribution in [0.4, 0.5) is 0 Å². The van der Waals surface area contributed by atoms with Crippen LogP contribution in [0.3, 0.4) is 0 Å². The van der Waals surface area contributed by atoms with Crippen LogP contribution in [0.15, 0.2) is 24.3 Å². The van der Waals surface area contributed by atoms with Gasteiger partial charge in [-0.3, -0.25) is 0 Å². The molecule has 2 unspecified atom stereocenters. The molecular weight excluding hydrogens is 232 g/mol. The molecule has 1 heterocycles. The van der Waals surface area contributed by atoms with Crippen LogP contribution in [0, 0.1) is 19.3 Å². The first-order chi connectivity index (χ1) is 9.19. The van der Waals surface area contributed by atoms with Crippen LogP contribution in [0.5, 0.6) is 0 Å². The minimum atomic E-state index is 0.269. The number of fused-ring (bicyclic) bond motifs is 1. The normalized spacial score (nSPS) is 35.7. The van der Waals surface area contributed by atoms with Crippen LogP contribution in [-0.4, -0.2) is 13.2 Å². The number of aryl methyl sites for hydroxylation is 2. The molecule has 0 bridgehead atoms. The fraction of sp³-hybridized carbons (Fsp3) is 0.556. The lowest BCUT2D eigenvalue weighted by molar-refractivity contribution is 0.125. The Labute approximate surface area is 115 Å². The first-order valence-corrected chi connectivity index (χ1v) is 7.51. The molecule has 1 saturated heterocycles. The third-order valence-corrected chi connectivity index (χ3v) is 5.97. The van der Waals surface area contributed by atoms with Gasteiger partial charge in [0.25, 0.3) is 0 Å². The average Bonchev–Trinajstić information content (AvgIpc) is 2.82. The van der Waals surface area contributed by atoms with Crippen molar-refractivity contribution < 1.29 is 4.74 Å². The van der Waals surface area contributed by atoms with E-state index in [4.69, 9.17) is 4.74 Å². The van der Waals surface area contributed by atoms with Crippen LogP contribution >= 0.6 is 0 Å². The van der Waals surface area contributed by atoms with Crippen LogP contribution in [0.2, 0.25) is 0 Å². The highest BCUT2D eigenvalue weighted by atomic mass is 16.5. The quantitative estimate of drug-likeness (QED) is 0.639. The molecular formula is C18H22O. The second kappa shape index (κ2) is 3.73. The Morgan fingerprint density at radius 3 is 2.68 bits per heavy atom. The van der Waals surface area contributed by atoms with Gasteiger partial charge in [-0.15, -0.1) is 0 Å². The highest BCUT2D eigenvalue weighted by Crippen LogP contribution is 2.60. The molecule has 1 aromatic carbocycles. The monoisotopic (exact) mass is 254 g/mol. The molecule has 1 fully saturated rings. The van der Waals surface area contributed by atoms with Gasteiger partial charge in [0.05, 0.1) is 13.2 Å². The Hall–Kier alpha value is -1.08. The summed E-state index contributed by atoms with van der Waals surface area (Å²) in [5, 5.41) is 0. The topological polar surface area (TPSA) is 9.23 Å². The molecule has 4 rings (SSSR count). The van der Waals surface area contributed by atoms with E-state index >= 15 is 0 Å². The molecule has 2 aliphatic carbocycles. The van der Waals surface area contributed by atoms with E-state index in [-0.39, 0.29) is 5.41 Å². The Kier molecular flexibility index (Phi) is 2.30. The zero-order valence-corrected chi connectivity index (χ0v) is 12.0. The van der Waals surface area contributed by atoms with Gasteiger partial charge >= 0.3 is 0 Å². The molecule has 0 aromatic heterocycles. The van der Waals surface area contributed by atoms with Gasteiger partial charge < -0.3 is 4.74 Å². The number of hydrogen-bond donors (Lipinski definition) is 0. The summed E-state index contributed by atoms with van der Waals surface area (Å²) < 4.78 is 6.03. The van der Waals surface area contributed by atoms with E-state index in [9.17, 15) is 0 Å². The maximum atomic E-state index is 6.03. The van der Waals surface area contributed by atoms with E-state index in [2.05, 4.69) is 38.1 Å². The molecule has 19 heavy (non-hydrogen) atoms. The molecule has 1 aromatic rings. The Morgan fingerprint density at radius 1 is 1.00 bits per heavy atom. The van der Waals surface area contributed by atoms with Gasteiger partial charge in [-0.1, -0.05) is 24.3 Å². The highest BCUT2D eigenvalue weighted by Gasteiger charge is 2.59. The summed E-state index contributed by atoms with van der Waals surface area (Å²) in [4.78, 5) is 0. The fourth-order valence-corrected chi connectivity index (χ4v) is 4.91. The van der Waals surface area contributed by atoms with E-state index in [0.717, 1.165) is 13.2 Å². The molecule has 0 spiro atoms. The van der Waals surface area contributed by atoms with Gasteiger partial charge in [-0.25, -0.2) is 0 Å². The van der Waals surface area contributed by atoms with E-state index < -0.39 is 0 Å². The zero-order chi connectivity index (χ0) is 13.1. The summed E-state index contributed by atoms with van der Waals surface area (Å²) in [6, 6.07) is 4.61. The zero-order valence-electron chi connectivity index (χ0n) is 12.0. The third-order valence-electron chi connectivity index (χ3n) is 5.97. The van der Waals surface area contributed by atoms with Crippen LogP contribution in [0.1, 0.15) is 41.5 Å². The van der Waals surface area contributed by atoms with Gasteiger partial charge in [0.1, 0.15) is 0 Å². The van der Waals surface area contributed by atoms with E-state index in [1.54, 1.807) is 11.1 Å². The summed E-state index contributed by atoms with van der Waals surface area (Å²) in [6.07, 6.45) is 9.70. The van der Waals surface area contributed by atoms with Crippen LogP contribution in [-0.2, 0) is 16.6 Å². The van der Waals surface area contributed by atoms with Gasteiger partial charge in [0.15, 0.2) is 0 Å². The first kappa shape index (κ1) is 11.7. The van der Waals surface area contributed by atoms with E-state index in [1.807, 2.05) is 0 Å². The molecule has 1 nitrogen and oxygen atoms in total. The van der Waals surface area contributed by atoms with Gasteiger partial charge in [0, 0.05) is 10.8 Å². The molecule has 0 N–H and O–H groups in total. The standard InChI is InChI=1S/C18H22O/c1-13-5-6-14(2)16-15(13)7-10-17-8-3-4-9-18(16,17)12-19-11-17/h3-6H,7-12H2,1-2H3. The second-order valence-corrected chi connectivity index (χ2v) is 6.79. The van der Waals surface area contributed by atoms with Gasteiger partial charge in [-0.05, 0) is 61.8 Å². The first-order valence-electron chi connectivity index (χ1n) is 7.51. The van der Waals surface area contributed by atoms with Crippen molar-refractivity contribution in [3.05, 3.63) is 46.5 Å². The number of benzene rings is 1. The lowest BCUT2D eigenvalue weighted by Gasteiger charge is -2.51. The summed E-state index contributed by atoms with van der Waals surface area (Å²) in [5.74, 6) is 0. The minimum Gasteiger partial charge on any atom is -0.380 e. The number of allylic oxidation sites excluding steroid dienone is 2. The fourth-order valence-electron chi connectivity index (χ4n) is 4.91. The smallest absolute Gasteiger partial charge is 0.0572 e. The van der Waals surface area contributed by atoms with Crippen LogP contribution < -0.4 is 0 Å². The summed E-state index contributed by atoms with van der Waals surface area (Å²) in [6.45, 7) is 6.45. The molecule has 0 amide bonds. The predicted octanol–water partition coefficient (Wildman–Crippen LogP) is 3.85. The molecule has 2 atom stereocenters. The van der Waals surface area contributed by atoms with Crippen molar-refractivity contribution in [2.24, 2.45) is 5.41 Å². The summed E-state index contributed by atoms with van der Waals surface area (Å²) in [7, 11) is 0. The maximum Gasteiger partial charge on any atom is 0.0572 e. The Bertz CT molecular complexity index is 571. The molecule has 0 saturated carbocycles. The Morgan fingerprint density at radius 2 is 1.79 bits per heavy atom. The SMILES string of the molecule is Cc1ccc(C)c2c1CCC13CC=CCC21COC3. The van der Waals surface area contributed by atoms with E-state index in [0.29, 0.717) is 5.41 Å². The number of rotatable bonds is 0. The van der Waals surface area contributed by atoms with Crippen molar-refractivity contribution in [2.75, 3.05) is 13.2 Å². The number of hydrogen-bond acceptors (Lipinski definition) is 1. The van der Waals surface area contributed by atoms with Crippen molar-refractivity contribution in [3.8, 4) is 0 Å². The number of ether oxygens (including phenoxy) is 1. The summed E-state index contributed by atoms with van der Waals surface area (Å²) >= 11 is 0. The van der Waals surface area contributed by atoms with Gasteiger partial charge in [-0.2, -0.15) is 0 Å². The lowest BCUT2D eigenvalue weighted by Crippen LogP contribution is -2.50. The Balaban J connectivity index is 2.03. The van der Waals surface area contributed by atoms with Crippen molar-refractivity contribution in [3.63, 3.8) is 0 Å². The molecule has 100 valence electrons. The van der Waals surface area contributed by atoms with Crippen molar-refractivity contribution in [1.29, 1.82) is 0 Å². The largest absolute Gasteiger partial charge is 0.380 e. The minimum absolute atomic E-state index is 0.269. The maximum absolute atomic E-state index is 6.03. The summed E-state index contributed by atoms with van der Waals surface area (Å²) in [5.41, 5.74) is 6.87. The van der Waals surface area contributed by atoms with Gasteiger partial charge in [0.2, 0.25) is 0 Å². The van der Waals surface area contributed by atoms with Crippen molar-refractivity contribution >= 4 is 0 Å². The predicted molar refractivity (Wildman–Crippen MR) is 77.5 cm³/mol. The van der Waals surface area contributed by atoms with Crippen molar-refractivity contribution in [1.82, 2.24) is 0 Å². The average molecular weight is 254 g/mol. The molecule has 3 aliphatic rings. The van der Waals surface area contributed by atoms with E-state index in [1.165, 1.54) is 36.8 Å². The lowest BCUT2D eigenvalue weighted by atomic mass is 9.50. The third kappa shape index (κ3) is 1.30. The molecule has 1 aliphatic heterocycles. The molecule has 1 heteroatoms. The van der Waals surface area contributed by atoms with Crippen LogP contribution in [0.25, 0.3) is 0 Å². The second-order valence-electron chi connectivity index (χ2n) is 6.79. The molecule has 0 radical (unpaired) electrons.